The fourth-order valence-corrected chi connectivity index (χ4v) is 2.87. The van der Waals surface area contributed by atoms with Gasteiger partial charge in [0.2, 0.25) is 0 Å². The third-order valence-electron chi connectivity index (χ3n) is 2.49. The highest BCUT2D eigenvalue weighted by atomic mass is 35.5. The largest absolute Gasteiger partial charge is 0.461 e. The topological polar surface area (TPSA) is 38.9 Å². The number of aromatic nitrogens is 2. The number of thiophene rings is 1. The highest BCUT2D eigenvalue weighted by Gasteiger charge is 2.12. The van der Waals surface area contributed by atoms with Crippen molar-refractivity contribution in [2.45, 2.75) is 13.3 Å². The van der Waals surface area contributed by atoms with Crippen LogP contribution in [0.4, 0.5) is 0 Å². The van der Waals surface area contributed by atoms with Crippen LogP contribution in [-0.4, -0.2) is 9.97 Å². The second-order valence-electron chi connectivity index (χ2n) is 3.60. The lowest BCUT2D eigenvalue weighted by molar-refractivity contribution is 0.577. The summed E-state index contributed by atoms with van der Waals surface area (Å²) in [6.45, 7) is 2.11. The van der Waals surface area contributed by atoms with E-state index in [1.165, 1.54) is 4.88 Å². The Morgan fingerprint density at radius 1 is 1.41 bits per heavy atom. The Morgan fingerprint density at radius 2 is 2.29 bits per heavy atom. The first-order valence-corrected chi connectivity index (χ1v) is 6.47. The van der Waals surface area contributed by atoms with Crippen molar-refractivity contribution in [2.24, 2.45) is 0 Å². The van der Waals surface area contributed by atoms with Crippen LogP contribution in [0.3, 0.4) is 0 Å². The molecule has 0 aliphatic carbocycles. The summed E-state index contributed by atoms with van der Waals surface area (Å²) in [6, 6.07) is 5.68. The van der Waals surface area contributed by atoms with Crippen LogP contribution in [0.2, 0.25) is 5.15 Å². The Balaban J connectivity index is 2.23. The van der Waals surface area contributed by atoms with Gasteiger partial charge in [-0.05, 0) is 24.6 Å². The molecule has 0 saturated carbocycles. The predicted molar refractivity (Wildman–Crippen MR) is 69.5 cm³/mol. The Bertz CT molecular complexity index is 661. The first-order chi connectivity index (χ1) is 8.28. The summed E-state index contributed by atoms with van der Waals surface area (Å²) in [5.41, 5.74) is 0. The van der Waals surface area contributed by atoms with Crippen LogP contribution >= 0.6 is 22.9 Å². The molecular formula is C12H9ClN2OS. The first-order valence-electron chi connectivity index (χ1n) is 5.27. The molecule has 0 bridgehead atoms. The van der Waals surface area contributed by atoms with Crippen molar-refractivity contribution in [1.29, 1.82) is 0 Å². The molecule has 3 nitrogen and oxygen atoms in total. The zero-order chi connectivity index (χ0) is 11.8. The summed E-state index contributed by atoms with van der Waals surface area (Å²) < 4.78 is 5.28. The number of hydrogen-bond acceptors (Lipinski definition) is 4. The number of halogens is 1. The van der Waals surface area contributed by atoms with Gasteiger partial charge in [-0.2, -0.15) is 0 Å². The fraction of sp³-hybridized carbons (Fsp3) is 0.167. The van der Waals surface area contributed by atoms with Crippen LogP contribution in [0.25, 0.3) is 21.8 Å². The van der Waals surface area contributed by atoms with E-state index in [0.29, 0.717) is 16.7 Å². The predicted octanol–water partition coefficient (Wildman–Crippen LogP) is 4.17. The van der Waals surface area contributed by atoms with Gasteiger partial charge in [-0.1, -0.05) is 18.5 Å². The molecule has 3 aromatic rings. The summed E-state index contributed by atoms with van der Waals surface area (Å²) in [7, 11) is 0. The van der Waals surface area contributed by atoms with Crippen LogP contribution in [0.15, 0.2) is 28.9 Å². The Morgan fingerprint density at radius 3 is 3.00 bits per heavy atom. The van der Waals surface area contributed by atoms with Gasteiger partial charge in [0.25, 0.3) is 0 Å². The van der Waals surface area contributed by atoms with Crippen molar-refractivity contribution in [3.8, 4) is 11.6 Å². The van der Waals surface area contributed by atoms with Gasteiger partial charge in [-0.15, -0.1) is 11.3 Å². The molecule has 3 rings (SSSR count). The Labute approximate surface area is 107 Å². The van der Waals surface area contributed by atoms with Crippen molar-refractivity contribution >= 4 is 33.2 Å². The van der Waals surface area contributed by atoms with Gasteiger partial charge in [-0.25, -0.2) is 9.97 Å². The maximum atomic E-state index is 6.16. The minimum atomic E-state index is 0.484. The van der Waals surface area contributed by atoms with Crippen LogP contribution < -0.4 is 0 Å². The normalized spacial score (nSPS) is 11.2. The molecule has 0 fully saturated rings. The molecule has 5 heteroatoms. The van der Waals surface area contributed by atoms with Crippen molar-refractivity contribution in [3.05, 3.63) is 34.5 Å². The van der Waals surface area contributed by atoms with E-state index in [1.54, 1.807) is 17.6 Å². The molecule has 0 aliphatic heterocycles. The molecule has 0 spiro atoms. The van der Waals surface area contributed by atoms with E-state index in [4.69, 9.17) is 16.0 Å². The highest BCUT2D eigenvalue weighted by Crippen LogP contribution is 2.31. The number of nitrogens with zero attached hydrogens (tertiary/aromatic N) is 2. The molecule has 3 aromatic heterocycles. The lowest BCUT2D eigenvalue weighted by Gasteiger charge is -1.97. The van der Waals surface area contributed by atoms with Gasteiger partial charge in [0.15, 0.2) is 11.6 Å². The molecule has 0 radical (unpaired) electrons. The number of aryl methyl sites for hydroxylation is 1. The van der Waals surface area contributed by atoms with Crippen LogP contribution in [0.1, 0.15) is 11.8 Å². The summed E-state index contributed by atoms with van der Waals surface area (Å²) in [5, 5.41) is 1.40. The molecule has 0 atom stereocenters. The Hall–Kier alpha value is -1.39. The van der Waals surface area contributed by atoms with E-state index < -0.39 is 0 Å². The molecular weight excluding hydrogens is 256 g/mol. The second-order valence-corrected chi connectivity index (χ2v) is 5.07. The minimum Gasteiger partial charge on any atom is -0.461 e. The van der Waals surface area contributed by atoms with Crippen molar-refractivity contribution in [1.82, 2.24) is 9.97 Å². The second kappa shape index (κ2) is 4.13. The van der Waals surface area contributed by atoms with Gasteiger partial charge in [0.1, 0.15) is 9.98 Å². The summed E-state index contributed by atoms with van der Waals surface area (Å²) >= 11 is 7.81. The summed E-state index contributed by atoms with van der Waals surface area (Å²) in [4.78, 5) is 10.9. The smallest absolute Gasteiger partial charge is 0.198 e. The quantitative estimate of drug-likeness (QED) is 0.652. The molecule has 0 amide bonds. The SMILES string of the molecule is CCc1cc2c(Cl)nc(-c3ccco3)nc2s1. The maximum Gasteiger partial charge on any atom is 0.198 e. The average molecular weight is 265 g/mol. The third kappa shape index (κ3) is 1.83. The average Bonchev–Trinajstić information content (AvgIpc) is 2.97. The van der Waals surface area contributed by atoms with Gasteiger partial charge >= 0.3 is 0 Å². The van der Waals surface area contributed by atoms with E-state index in [1.807, 2.05) is 18.2 Å². The van der Waals surface area contributed by atoms with E-state index in [0.717, 1.165) is 16.6 Å². The van der Waals surface area contributed by atoms with Crippen LogP contribution in [-0.2, 0) is 6.42 Å². The first kappa shape index (κ1) is 10.7. The van der Waals surface area contributed by atoms with E-state index in [2.05, 4.69) is 16.9 Å². The van der Waals surface area contributed by atoms with Gasteiger partial charge in [0, 0.05) is 10.3 Å². The molecule has 0 aliphatic rings. The molecule has 0 N–H and O–H groups in total. The minimum absolute atomic E-state index is 0.484. The molecule has 0 unspecified atom stereocenters. The summed E-state index contributed by atoms with van der Waals surface area (Å²) in [6.07, 6.45) is 2.58. The lowest BCUT2D eigenvalue weighted by atomic mass is 10.3. The van der Waals surface area contributed by atoms with Gasteiger partial charge in [0.05, 0.1) is 6.26 Å². The summed E-state index contributed by atoms with van der Waals surface area (Å²) in [5.74, 6) is 1.18. The van der Waals surface area contributed by atoms with Crippen LogP contribution in [0, 0.1) is 0 Å². The Kier molecular flexibility index (Phi) is 2.61. The molecule has 17 heavy (non-hydrogen) atoms. The maximum absolute atomic E-state index is 6.16. The van der Waals surface area contributed by atoms with E-state index in [9.17, 15) is 0 Å². The number of hydrogen-bond donors (Lipinski definition) is 0. The fourth-order valence-electron chi connectivity index (χ4n) is 1.63. The standard InChI is InChI=1S/C12H9ClN2OS/c1-2-7-6-8-10(13)14-11(15-12(8)17-7)9-4-3-5-16-9/h3-6H,2H2,1H3. The number of fused-ring (bicyclic) bond motifs is 1. The highest BCUT2D eigenvalue weighted by molar-refractivity contribution is 7.18. The molecule has 3 heterocycles. The van der Waals surface area contributed by atoms with E-state index >= 15 is 0 Å². The molecule has 0 saturated heterocycles. The van der Waals surface area contributed by atoms with Crippen molar-refractivity contribution < 1.29 is 4.42 Å². The monoisotopic (exact) mass is 264 g/mol. The van der Waals surface area contributed by atoms with Crippen molar-refractivity contribution in [2.75, 3.05) is 0 Å². The zero-order valence-electron chi connectivity index (χ0n) is 9.11. The lowest BCUT2D eigenvalue weighted by Crippen LogP contribution is -1.87. The van der Waals surface area contributed by atoms with Crippen LogP contribution in [0.5, 0.6) is 0 Å². The van der Waals surface area contributed by atoms with Crippen molar-refractivity contribution in [3.63, 3.8) is 0 Å². The molecule has 86 valence electrons. The number of rotatable bonds is 2. The zero-order valence-corrected chi connectivity index (χ0v) is 10.7. The van der Waals surface area contributed by atoms with Gasteiger partial charge in [-0.3, -0.25) is 0 Å². The van der Waals surface area contributed by atoms with Gasteiger partial charge < -0.3 is 4.42 Å². The third-order valence-corrected chi connectivity index (χ3v) is 3.95. The van der Waals surface area contributed by atoms with E-state index in [-0.39, 0.29) is 0 Å². The molecule has 0 aromatic carbocycles. The number of furan rings is 1.